The summed E-state index contributed by atoms with van der Waals surface area (Å²) in [5.41, 5.74) is 5.30. The highest BCUT2D eigenvalue weighted by molar-refractivity contribution is 5.90. The molecule has 0 aromatic carbocycles. The zero-order valence-corrected chi connectivity index (χ0v) is 16.9. The molecule has 0 aliphatic carbocycles. The Morgan fingerprint density at radius 2 is 1.89 bits per heavy atom. The van der Waals surface area contributed by atoms with Crippen LogP contribution in [-0.2, 0) is 14.4 Å². The molecule has 2 aliphatic heterocycles. The van der Waals surface area contributed by atoms with Crippen molar-refractivity contribution in [3.63, 3.8) is 0 Å². The van der Waals surface area contributed by atoms with E-state index in [4.69, 9.17) is 5.73 Å². The normalized spacial score (nSPS) is 22.7. The highest BCUT2D eigenvalue weighted by atomic mass is 16.2. The Bertz CT molecular complexity index is 515. The number of nitrogens with one attached hydrogen (secondary N) is 1. The summed E-state index contributed by atoms with van der Waals surface area (Å²) in [6.07, 6.45) is 6.43. The van der Waals surface area contributed by atoms with E-state index < -0.39 is 0 Å². The number of piperazine rings is 1. The van der Waals surface area contributed by atoms with Gasteiger partial charge in [-0.1, -0.05) is 33.1 Å². The van der Waals surface area contributed by atoms with Gasteiger partial charge < -0.3 is 20.9 Å². The maximum Gasteiger partial charge on any atom is 0.245 e. The second-order valence-corrected chi connectivity index (χ2v) is 7.92. The molecule has 1 unspecified atom stereocenters. The summed E-state index contributed by atoms with van der Waals surface area (Å²) < 4.78 is 0. The highest BCUT2D eigenvalue weighted by Gasteiger charge is 2.38. The smallest absolute Gasteiger partial charge is 0.245 e. The predicted octanol–water partition coefficient (Wildman–Crippen LogP) is 1.26. The fourth-order valence-corrected chi connectivity index (χ4v) is 4.24. The Morgan fingerprint density at radius 3 is 2.48 bits per heavy atom. The second-order valence-electron chi connectivity index (χ2n) is 7.92. The predicted molar refractivity (Wildman–Crippen MR) is 105 cm³/mol. The maximum absolute atomic E-state index is 13.3. The molecule has 7 nitrogen and oxygen atoms in total. The van der Waals surface area contributed by atoms with Crippen LogP contribution in [-0.4, -0.2) is 65.8 Å². The standard InChI is InChI=1S/C20H36N4O3/c1-3-5-7-17(24-13-10-22-16(6-4-2)19(24)26)20(27)23-11-8-15(9-12-23)14-18(21)25/h15-17,22H,3-14H2,1-2H3,(H2,21,25)/t16-,17?/m0/s1. The minimum absolute atomic E-state index is 0.0705. The van der Waals surface area contributed by atoms with Crippen molar-refractivity contribution in [1.29, 1.82) is 0 Å². The van der Waals surface area contributed by atoms with E-state index in [2.05, 4.69) is 19.2 Å². The van der Waals surface area contributed by atoms with Crippen LogP contribution in [0.4, 0.5) is 0 Å². The molecule has 27 heavy (non-hydrogen) atoms. The van der Waals surface area contributed by atoms with Crippen molar-refractivity contribution in [2.45, 2.75) is 77.3 Å². The van der Waals surface area contributed by atoms with Gasteiger partial charge in [-0.15, -0.1) is 0 Å². The number of hydrogen-bond donors (Lipinski definition) is 2. The van der Waals surface area contributed by atoms with Gasteiger partial charge in [-0.2, -0.15) is 0 Å². The van der Waals surface area contributed by atoms with Crippen molar-refractivity contribution in [2.75, 3.05) is 26.2 Å². The molecule has 0 bridgehead atoms. The lowest BCUT2D eigenvalue weighted by Gasteiger charge is -2.41. The zero-order valence-electron chi connectivity index (χ0n) is 16.9. The van der Waals surface area contributed by atoms with Crippen molar-refractivity contribution in [1.82, 2.24) is 15.1 Å². The number of carbonyl (C=O) groups is 3. The van der Waals surface area contributed by atoms with Crippen molar-refractivity contribution >= 4 is 17.7 Å². The molecule has 3 N–H and O–H groups in total. The summed E-state index contributed by atoms with van der Waals surface area (Å²) in [4.78, 5) is 41.0. The molecule has 154 valence electrons. The van der Waals surface area contributed by atoms with Gasteiger partial charge >= 0.3 is 0 Å². The van der Waals surface area contributed by atoms with E-state index in [1.807, 2.05) is 9.80 Å². The van der Waals surface area contributed by atoms with E-state index in [-0.39, 0.29) is 35.7 Å². The van der Waals surface area contributed by atoms with Gasteiger partial charge in [0, 0.05) is 32.6 Å². The van der Waals surface area contributed by atoms with Crippen LogP contribution >= 0.6 is 0 Å². The van der Waals surface area contributed by atoms with Gasteiger partial charge in [-0.05, 0) is 31.6 Å². The number of nitrogens with two attached hydrogens (primary N) is 1. The molecule has 2 rings (SSSR count). The zero-order chi connectivity index (χ0) is 19.8. The van der Waals surface area contributed by atoms with E-state index in [1.54, 1.807) is 0 Å². The summed E-state index contributed by atoms with van der Waals surface area (Å²) in [7, 11) is 0. The summed E-state index contributed by atoms with van der Waals surface area (Å²) in [6, 6.07) is -0.520. The van der Waals surface area contributed by atoms with Gasteiger partial charge in [0.2, 0.25) is 17.7 Å². The molecular formula is C20H36N4O3. The summed E-state index contributed by atoms with van der Waals surface area (Å²) in [5, 5.41) is 3.29. The molecule has 3 amide bonds. The van der Waals surface area contributed by atoms with Gasteiger partial charge in [-0.3, -0.25) is 14.4 Å². The number of hydrogen-bond acceptors (Lipinski definition) is 4. The van der Waals surface area contributed by atoms with Gasteiger partial charge in [0.15, 0.2) is 0 Å². The Labute approximate surface area is 163 Å². The fraction of sp³-hybridized carbons (Fsp3) is 0.850. The first-order valence-corrected chi connectivity index (χ1v) is 10.6. The van der Waals surface area contributed by atoms with E-state index in [1.165, 1.54) is 0 Å². The Hall–Kier alpha value is -1.63. The lowest BCUT2D eigenvalue weighted by atomic mass is 9.92. The highest BCUT2D eigenvalue weighted by Crippen LogP contribution is 2.23. The molecule has 2 fully saturated rings. The Morgan fingerprint density at radius 1 is 1.19 bits per heavy atom. The molecule has 7 heteroatoms. The number of rotatable bonds is 9. The van der Waals surface area contributed by atoms with Gasteiger partial charge in [0.25, 0.3) is 0 Å². The number of nitrogens with zero attached hydrogens (tertiary/aromatic N) is 2. The van der Waals surface area contributed by atoms with Crippen molar-refractivity contribution in [2.24, 2.45) is 11.7 Å². The quantitative estimate of drug-likeness (QED) is 0.629. The third kappa shape index (κ3) is 5.92. The molecule has 2 saturated heterocycles. The molecule has 0 aromatic rings. The van der Waals surface area contributed by atoms with Gasteiger partial charge in [0.1, 0.15) is 6.04 Å². The third-order valence-electron chi connectivity index (χ3n) is 5.81. The van der Waals surface area contributed by atoms with E-state index in [0.29, 0.717) is 26.1 Å². The van der Waals surface area contributed by atoms with Crippen molar-refractivity contribution in [3.8, 4) is 0 Å². The average Bonchev–Trinajstić information content (AvgIpc) is 2.65. The molecule has 0 radical (unpaired) electrons. The third-order valence-corrected chi connectivity index (χ3v) is 5.81. The maximum atomic E-state index is 13.3. The second kappa shape index (κ2) is 10.6. The molecule has 0 saturated carbocycles. The Balaban J connectivity index is 2.03. The lowest BCUT2D eigenvalue weighted by molar-refractivity contribution is -0.150. The van der Waals surface area contributed by atoms with Crippen LogP contribution in [0.2, 0.25) is 0 Å². The molecular weight excluding hydrogens is 344 g/mol. The minimum atomic E-state index is -0.355. The van der Waals surface area contributed by atoms with Crippen molar-refractivity contribution in [3.05, 3.63) is 0 Å². The SMILES string of the molecule is CCCCC(C(=O)N1CCC(CC(N)=O)CC1)N1CCN[C@@H](CCC)C1=O. The monoisotopic (exact) mass is 380 g/mol. The number of carbonyl (C=O) groups excluding carboxylic acids is 3. The largest absolute Gasteiger partial charge is 0.370 e. The van der Waals surface area contributed by atoms with Gasteiger partial charge in [-0.25, -0.2) is 0 Å². The van der Waals surface area contributed by atoms with Crippen LogP contribution in [0.15, 0.2) is 0 Å². The number of primary amides is 1. The molecule has 2 aliphatic rings. The Kier molecular flexibility index (Phi) is 8.54. The molecule has 2 atom stereocenters. The number of amides is 3. The lowest BCUT2D eigenvalue weighted by Crippen LogP contribution is -2.61. The molecule has 0 spiro atoms. The van der Waals surface area contributed by atoms with Crippen LogP contribution in [0.1, 0.15) is 65.2 Å². The molecule has 2 heterocycles. The van der Waals surface area contributed by atoms with Crippen LogP contribution < -0.4 is 11.1 Å². The van der Waals surface area contributed by atoms with Crippen LogP contribution in [0.3, 0.4) is 0 Å². The van der Waals surface area contributed by atoms with E-state index >= 15 is 0 Å². The van der Waals surface area contributed by atoms with Crippen LogP contribution in [0.25, 0.3) is 0 Å². The first-order chi connectivity index (χ1) is 13.0. The number of unbranched alkanes of at least 4 members (excludes halogenated alkanes) is 1. The summed E-state index contributed by atoms with van der Waals surface area (Å²) >= 11 is 0. The van der Waals surface area contributed by atoms with Crippen LogP contribution in [0.5, 0.6) is 0 Å². The summed E-state index contributed by atoms with van der Waals surface area (Å²) in [5.74, 6) is 0.150. The number of piperidine rings is 1. The van der Waals surface area contributed by atoms with Crippen molar-refractivity contribution < 1.29 is 14.4 Å². The first-order valence-electron chi connectivity index (χ1n) is 10.6. The van der Waals surface area contributed by atoms with Gasteiger partial charge in [0.05, 0.1) is 6.04 Å². The topological polar surface area (TPSA) is 95.7 Å². The minimum Gasteiger partial charge on any atom is -0.370 e. The van der Waals surface area contributed by atoms with Crippen LogP contribution in [0, 0.1) is 5.92 Å². The fourth-order valence-electron chi connectivity index (χ4n) is 4.24. The number of likely N-dealkylation sites (tertiary alicyclic amines) is 1. The summed E-state index contributed by atoms with van der Waals surface area (Å²) in [6.45, 7) is 6.82. The van der Waals surface area contributed by atoms with E-state index in [9.17, 15) is 14.4 Å². The molecule has 0 aromatic heterocycles. The van der Waals surface area contributed by atoms with E-state index in [0.717, 1.165) is 51.5 Å². The average molecular weight is 381 g/mol. The first kappa shape index (κ1) is 21.7.